The van der Waals surface area contributed by atoms with Crippen LogP contribution in [0.5, 0.6) is 11.5 Å². The van der Waals surface area contributed by atoms with Crippen LogP contribution in [0.1, 0.15) is 11.1 Å². The number of para-hydroxylation sites is 3. The third-order valence-electron chi connectivity index (χ3n) is 9.87. The van der Waals surface area contributed by atoms with Crippen LogP contribution in [-0.2, 0) is 5.66 Å². The highest BCUT2D eigenvalue weighted by Crippen LogP contribution is 2.57. The summed E-state index contributed by atoms with van der Waals surface area (Å²) < 4.78 is 16.7. The summed E-state index contributed by atoms with van der Waals surface area (Å²) in [6.45, 7) is 0. The lowest BCUT2D eigenvalue weighted by Gasteiger charge is -2.36. The van der Waals surface area contributed by atoms with E-state index < -0.39 is 5.66 Å². The average molecular weight is 539 g/mol. The fourth-order valence-electron chi connectivity index (χ4n) is 8.54. The summed E-state index contributed by atoms with van der Waals surface area (Å²) in [6.07, 6.45) is 6.03. The van der Waals surface area contributed by atoms with Crippen molar-refractivity contribution in [3.8, 4) is 17.3 Å². The van der Waals surface area contributed by atoms with Gasteiger partial charge in [-0.2, -0.15) is 28.3 Å². The van der Waals surface area contributed by atoms with Crippen molar-refractivity contribution in [3.05, 3.63) is 121 Å². The van der Waals surface area contributed by atoms with Gasteiger partial charge in [-0.1, -0.05) is 30.3 Å². The second-order valence-electron chi connectivity index (χ2n) is 11.5. The average Bonchev–Trinajstić information content (AvgIpc) is 3.68. The van der Waals surface area contributed by atoms with Gasteiger partial charge in [0.15, 0.2) is 22.1 Å². The Labute approximate surface area is 236 Å². The lowest BCUT2D eigenvalue weighted by atomic mass is 9.83. The van der Waals surface area contributed by atoms with Gasteiger partial charge < -0.3 is 4.74 Å². The molecule has 0 saturated heterocycles. The maximum Gasteiger partial charge on any atom is 0.319 e. The van der Waals surface area contributed by atoms with Gasteiger partial charge in [0.2, 0.25) is 0 Å². The molecule has 0 fully saturated rings. The number of aromatic nitrogens is 6. The van der Waals surface area contributed by atoms with Crippen LogP contribution in [0.4, 0.5) is 0 Å². The second kappa shape index (κ2) is 6.24. The maximum atomic E-state index is 6.88. The van der Waals surface area contributed by atoms with E-state index in [-0.39, 0.29) is 0 Å². The normalized spacial score (nSPS) is 17.3. The number of hydrogen-bond acceptors (Lipinski definition) is 3. The van der Waals surface area contributed by atoms with E-state index in [0.717, 1.165) is 50.3 Å². The highest BCUT2D eigenvalue weighted by atomic mass is 16.5. The predicted molar refractivity (Wildman–Crippen MR) is 158 cm³/mol. The molecule has 1 unspecified atom stereocenters. The summed E-state index contributed by atoms with van der Waals surface area (Å²) >= 11 is 0. The molecular formula is C35H18N6O+2. The molecule has 42 heavy (non-hydrogen) atoms. The van der Waals surface area contributed by atoms with Crippen molar-refractivity contribution in [2.45, 2.75) is 5.66 Å². The Morgan fingerprint density at radius 3 is 2.38 bits per heavy atom. The van der Waals surface area contributed by atoms with Crippen LogP contribution in [0.25, 0.3) is 66.0 Å². The minimum absolute atomic E-state index is 0.710. The zero-order chi connectivity index (χ0) is 26.9. The molecule has 8 heterocycles. The molecule has 4 aromatic carbocycles. The lowest BCUT2D eigenvalue weighted by molar-refractivity contribution is -0.946. The molecule has 0 bridgehead atoms. The Balaban J connectivity index is 1.48. The zero-order valence-electron chi connectivity index (χ0n) is 22.0. The minimum Gasteiger partial charge on any atom is -0.456 e. The van der Waals surface area contributed by atoms with Gasteiger partial charge in [-0.05, 0) is 54.6 Å². The SMILES string of the molecule is c1cc[n+]2c(c1)-n1c3ccccc3c3ccc4c(c31)C21c2c(ccc3c5cnncc5n5c6ccccc6[n+]1c5c23)O4. The Hall–Kier alpha value is -5.82. The van der Waals surface area contributed by atoms with Crippen molar-refractivity contribution in [2.24, 2.45) is 0 Å². The second-order valence-corrected chi connectivity index (χ2v) is 11.5. The molecule has 0 radical (unpaired) electrons. The van der Waals surface area contributed by atoms with Crippen LogP contribution in [0.2, 0.25) is 0 Å². The quantitative estimate of drug-likeness (QED) is 0.179. The summed E-state index contributed by atoms with van der Waals surface area (Å²) in [5.41, 5.74) is 8.49. The minimum atomic E-state index is -0.710. The first-order chi connectivity index (χ1) is 20.9. The van der Waals surface area contributed by atoms with Gasteiger partial charge in [-0.3, -0.25) is 0 Å². The van der Waals surface area contributed by atoms with Crippen LogP contribution in [-0.4, -0.2) is 19.2 Å². The third-order valence-corrected chi connectivity index (χ3v) is 9.87. The van der Waals surface area contributed by atoms with Crippen molar-refractivity contribution in [1.82, 2.24) is 19.2 Å². The van der Waals surface area contributed by atoms with Gasteiger partial charge in [0.05, 0.1) is 29.4 Å². The molecule has 0 amide bonds. The number of imidazole rings is 1. The summed E-state index contributed by atoms with van der Waals surface area (Å²) in [5, 5.41) is 14.6. The van der Waals surface area contributed by atoms with E-state index in [2.05, 4.69) is 125 Å². The number of fused-ring (bicyclic) bond motifs is 11. The van der Waals surface area contributed by atoms with Crippen LogP contribution in [0.3, 0.4) is 0 Å². The van der Waals surface area contributed by atoms with E-state index in [1.807, 2.05) is 12.4 Å². The number of ether oxygens (including phenoxy) is 1. The number of benzene rings is 4. The lowest BCUT2D eigenvalue weighted by Crippen LogP contribution is -2.75. The van der Waals surface area contributed by atoms with Gasteiger partial charge >= 0.3 is 11.3 Å². The molecule has 9 aromatic rings. The zero-order valence-corrected chi connectivity index (χ0v) is 22.0. The van der Waals surface area contributed by atoms with Crippen LogP contribution in [0.15, 0.2) is 110 Å². The Kier molecular flexibility index (Phi) is 2.99. The standard InChI is InChI=1S/C35H18N6O/c1-2-8-23-19(7-1)21-13-15-28-32-33(21)40(23)29-11-5-6-16-38(29)35(32)31-27(42-28)14-12-20-22-17-36-37-18-26(22)39-24-9-3-4-10-25(24)41(35)34(39)30(20)31/h1-18H/q+2. The molecule has 3 aliphatic heterocycles. The van der Waals surface area contributed by atoms with E-state index in [1.165, 1.54) is 38.3 Å². The molecule has 1 atom stereocenters. The van der Waals surface area contributed by atoms with Crippen molar-refractivity contribution >= 4 is 60.2 Å². The maximum absolute atomic E-state index is 6.88. The van der Waals surface area contributed by atoms with Gasteiger partial charge in [-0.25, -0.2) is 0 Å². The molecule has 12 rings (SSSR count). The predicted octanol–water partition coefficient (Wildman–Crippen LogP) is 5.89. The first kappa shape index (κ1) is 20.1. The van der Waals surface area contributed by atoms with Crippen LogP contribution in [0, 0.1) is 0 Å². The summed E-state index contributed by atoms with van der Waals surface area (Å²) in [6, 6.07) is 32.7. The first-order valence-electron chi connectivity index (χ1n) is 14.2. The Bertz CT molecular complexity index is 2790. The Morgan fingerprint density at radius 1 is 0.643 bits per heavy atom. The highest BCUT2D eigenvalue weighted by Gasteiger charge is 2.65. The molecule has 0 aliphatic carbocycles. The van der Waals surface area contributed by atoms with Gasteiger partial charge in [0, 0.05) is 22.2 Å². The van der Waals surface area contributed by atoms with E-state index in [9.17, 15) is 0 Å². The number of pyridine rings is 2. The molecule has 7 heteroatoms. The van der Waals surface area contributed by atoms with E-state index in [4.69, 9.17) is 4.74 Å². The van der Waals surface area contributed by atoms with Gasteiger partial charge in [0.1, 0.15) is 28.1 Å². The molecule has 0 saturated carbocycles. The largest absolute Gasteiger partial charge is 0.456 e. The smallest absolute Gasteiger partial charge is 0.319 e. The summed E-state index contributed by atoms with van der Waals surface area (Å²) in [7, 11) is 0. The molecule has 5 aromatic heterocycles. The molecule has 7 nitrogen and oxygen atoms in total. The number of rotatable bonds is 0. The Morgan fingerprint density at radius 2 is 1.43 bits per heavy atom. The molecule has 1 spiro atoms. The molecule has 3 aliphatic rings. The summed E-state index contributed by atoms with van der Waals surface area (Å²) in [4.78, 5) is 0. The van der Waals surface area contributed by atoms with Crippen molar-refractivity contribution < 1.29 is 13.9 Å². The third kappa shape index (κ3) is 1.81. The molecule has 0 N–H and O–H groups in total. The molecule has 192 valence electrons. The van der Waals surface area contributed by atoms with Crippen molar-refractivity contribution in [3.63, 3.8) is 0 Å². The monoisotopic (exact) mass is 538 g/mol. The van der Waals surface area contributed by atoms with Crippen molar-refractivity contribution in [1.29, 1.82) is 0 Å². The fraction of sp³-hybridized carbons (Fsp3) is 0.0286. The van der Waals surface area contributed by atoms with Crippen LogP contribution >= 0.6 is 0 Å². The van der Waals surface area contributed by atoms with Crippen LogP contribution < -0.4 is 13.9 Å². The number of hydrogen-bond donors (Lipinski definition) is 0. The van der Waals surface area contributed by atoms with Crippen molar-refractivity contribution in [2.75, 3.05) is 0 Å². The van der Waals surface area contributed by atoms with Gasteiger partial charge in [-0.15, -0.1) is 0 Å². The highest BCUT2D eigenvalue weighted by molar-refractivity contribution is 6.17. The molecular weight excluding hydrogens is 520 g/mol. The van der Waals surface area contributed by atoms with E-state index >= 15 is 0 Å². The van der Waals surface area contributed by atoms with E-state index in [0.29, 0.717) is 0 Å². The van der Waals surface area contributed by atoms with Gasteiger partial charge in [0.25, 0.3) is 5.82 Å². The first-order valence-corrected chi connectivity index (χ1v) is 14.2. The van der Waals surface area contributed by atoms with E-state index in [1.54, 1.807) is 0 Å². The number of nitrogens with zero attached hydrogens (tertiary/aromatic N) is 6. The summed E-state index contributed by atoms with van der Waals surface area (Å²) in [5.74, 6) is 2.89. The fourth-order valence-corrected chi connectivity index (χ4v) is 8.54. The topological polar surface area (TPSA) is 52.1 Å².